The molecule has 1 amide bonds. The number of carbonyl (C=O) groups excluding carboxylic acids is 1. The summed E-state index contributed by atoms with van der Waals surface area (Å²) >= 11 is 0. The van der Waals surface area contributed by atoms with E-state index in [1.54, 1.807) is 0 Å². The highest BCUT2D eigenvalue weighted by Crippen LogP contribution is 2.28. The molecule has 0 aromatic heterocycles. The van der Waals surface area contributed by atoms with Gasteiger partial charge in [0.15, 0.2) is 0 Å². The van der Waals surface area contributed by atoms with Crippen LogP contribution in [-0.2, 0) is 0 Å². The molecule has 0 bridgehead atoms. The molecule has 1 N–H and O–H groups in total. The molecule has 3 aromatic rings. The third-order valence-electron chi connectivity index (χ3n) is 4.04. The van der Waals surface area contributed by atoms with Crippen LogP contribution < -0.4 is 5.32 Å². The first-order valence-corrected chi connectivity index (χ1v) is 7.40. The minimum absolute atomic E-state index is 0.0389. The second-order valence-electron chi connectivity index (χ2n) is 5.47. The molecule has 0 radical (unpaired) electrons. The number of rotatable bonds is 2. The minimum atomic E-state index is -0.0389. The number of nitrogens with one attached hydrogen (secondary N) is 1. The van der Waals surface area contributed by atoms with Crippen LogP contribution in [-0.4, -0.2) is 5.91 Å². The van der Waals surface area contributed by atoms with Gasteiger partial charge in [0.25, 0.3) is 5.91 Å². The Kier molecular flexibility index (Phi) is 3.01. The maximum Gasteiger partial charge on any atom is 0.256 e. The van der Waals surface area contributed by atoms with Crippen molar-refractivity contribution in [3.63, 3.8) is 0 Å². The lowest BCUT2D eigenvalue weighted by atomic mass is 9.96. The number of benzene rings is 3. The van der Waals surface area contributed by atoms with Gasteiger partial charge in [-0.15, -0.1) is 0 Å². The summed E-state index contributed by atoms with van der Waals surface area (Å²) in [5.74, 6) is -0.0389. The Balaban J connectivity index is 1.93. The van der Waals surface area contributed by atoms with Crippen LogP contribution >= 0.6 is 0 Å². The van der Waals surface area contributed by atoms with E-state index in [1.807, 2.05) is 54.6 Å². The number of fused-ring (bicyclic) bond motifs is 2. The molecule has 0 unspecified atom stereocenters. The van der Waals surface area contributed by atoms with Gasteiger partial charge in [-0.1, -0.05) is 60.7 Å². The average molecular weight is 285 g/mol. The van der Waals surface area contributed by atoms with E-state index in [1.165, 1.54) is 0 Å². The summed E-state index contributed by atoms with van der Waals surface area (Å²) < 4.78 is 0. The molecule has 3 aromatic carbocycles. The zero-order valence-corrected chi connectivity index (χ0v) is 12.0. The maximum atomic E-state index is 12.8. The fraction of sp³-hybridized carbons (Fsp3) is 0.0500. The van der Waals surface area contributed by atoms with Crippen molar-refractivity contribution in [2.45, 2.75) is 6.42 Å². The van der Waals surface area contributed by atoms with Crippen molar-refractivity contribution in [1.29, 1.82) is 0 Å². The van der Waals surface area contributed by atoms with Gasteiger partial charge < -0.3 is 5.32 Å². The highest BCUT2D eigenvalue weighted by Gasteiger charge is 2.15. The summed E-state index contributed by atoms with van der Waals surface area (Å²) in [7, 11) is 0. The molecule has 1 aliphatic rings. The van der Waals surface area contributed by atoms with Crippen LogP contribution in [0.4, 0.5) is 0 Å². The smallest absolute Gasteiger partial charge is 0.256 e. The lowest BCUT2D eigenvalue weighted by Gasteiger charge is -2.12. The number of amides is 1. The largest absolute Gasteiger partial charge is 0.325 e. The van der Waals surface area contributed by atoms with E-state index in [9.17, 15) is 4.79 Å². The van der Waals surface area contributed by atoms with E-state index in [2.05, 4.69) is 23.5 Å². The van der Waals surface area contributed by atoms with Gasteiger partial charge in [-0.05, 0) is 33.7 Å². The molecule has 0 saturated heterocycles. The maximum absolute atomic E-state index is 12.8. The first-order chi connectivity index (χ1) is 10.8. The molecule has 106 valence electrons. The number of carbonyl (C=O) groups is 1. The van der Waals surface area contributed by atoms with Gasteiger partial charge in [0.1, 0.15) is 0 Å². The first-order valence-electron chi connectivity index (χ1n) is 7.40. The van der Waals surface area contributed by atoms with E-state index in [0.29, 0.717) is 0 Å². The Hall–Kier alpha value is -2.87. The summed E-state index contributed by atoms with van der Waals surface area (Å²) in [4.78, 5) is 12.8. The van der Waals surface area contributed by atoms with Crippen molar-refractivity contribution < 1.29 is 4.79 Å². The summed E-state index contributed by atoms with van der Waals surface area (Å²) in [5.41, 5.74) is 1.70. The molecular weight excluding hydrogens is 270 g/mol. The average Bonchev–Trinajstić information content (AvgIpc) is 3.05. The van der Waals surface area contributed by atoms with Gasteiger partial charge in [-0.3, -0.25) is 4.79 Å². The SMILES string of the molecule is O=C(NC1=CC=CC1)c1c2ccccc2cc2ccccc12. The van der Waals surface area contributed by atoms with Crippen LogP contribution in [0.25, 0.3) is 21.5 Å². The Morgan fingerprint density at radius 2 is 1.55 bits per heavy atom. The van der Waals surface area contributed by atoms with Crippen LogP contribution in [0.15, 0.2) is 78.5 Å². The highest BCUT2D eigenvalue weighted by atomic mass is 16.1. The van der Waals surface area contributed by atoms with Crippen molar-refractivity contribution >= 4 is 27.5 Å². The topological polar surface area (TPSA) is 29.1 Å². The minimum Gasteiger partial charge on any atom is -0.325 e. The van der Waals surface area contributed by atoms with Crippen molar-refractivity contribution in [2.24, 2.45) is 0 Å². The molecule has 2 nitrogen and oxygen atoms in total. The summed E-state index contributed by atoms with van der Waals surface area (Å²) in [6, 6.07) is 18.2. The third-order valence-corrected chi connectivity index (χ3v) is 4.04. The van der Waals surface area contributed by atoms with Gasteiger partial charge in [0, 0.05) is 12.1 Å². The van der Waals surface area contributed by atoms with Crippen molar-refractivity contribution in [3.05, 3.63) is 84.1 Å². The molecule has 0 atom stereocenters. The molecular formula is C20H15NO. The van der Waals surface area contributed by atoms with Crippen LogP contribution in [0, 0.1) is 0 Å². The van der Waals surface area contributed by atoms with E-state index in [4.69, 9.17) is 0 Å². The molecule has 22 heavy (non-hydrogen) atoms. The van der Waals surface area contributed by atoms with Crippen LogP contribution in [0.2, 0.25) is 0 Å². The van der Waals surface area contributed by atoms with Crippen LogP contribution in [0.1, 0.15) is 16.8 Å². The standard InChI is InChI=1S/C20H15NO/c22-20(21-16-9-3-4-10-16)19-17-11-5-1-7-14(17)13-15-8-2-6-12-18(15)19/h1-9,11-13H,10H2,(H,21,22). The number of hydrogen-bond acceptors (Lipinski definition) is 1. The fourth-order valence-corrected chi connectivity index (χ4v) is 3.01. The van der Waals surface area contributed by atoms with E-state index in [0.717, 1.165) is 39.2 Å². The second kappa shape index (κ2) is 5.15. The molecule has 0 spiro atoms. The molecule has 0 fully saturated rings. The predicted octanol–water partition coefficient (Wildman–Crippen LogP) is 4.57. The van der Waals surface area contributed by atoms with Gasteiger partial charge in [-0.25, -0.2) is 0 Å². The molecule has 0 aliphatic heterocycles. The number of allylic oxidation sites excluding steroid dienone is 3. The Morgan fingerprint density at radius 3 is 2.14 bits per heavy atom. The Bertz CT molecular complexity index is 896. The fourth-order valence-electron chi connectivity index (χ4n) is 3.01. The van der Waals surface area contributed by atoms with Crippen molar-refractivity contribution in [3.8, 4) is 0 Å². The van der Waals surface area contributed by atoms with Gasteiger partial charge in [0.2, 0.25) is 0 Å². The van der Waals surface area contributed by atoms with Gasteiger partial charge >= 0.3 is 0 Å². The van der Waals surface area contributed by atoms with Gasteiger partial charge in [-0.2, -0.15) is 0 Å². The van der Waals surface area contributed by atoms with E-state index >= 15 is 0 Å². The zero-order valence-electron chi connectivity index (χ0n) is 12.0. The van der Waals surface area contributed by atoms with E-state index in [-0.39, 0.29) is 5.91 Å². The van der Waals surface area contributed by atoms with Crippen molar-refractivity contribution in [2.75, 3.05) is 0 Å². The summed E-state index contributed by atoms with van der Waals surface area (Å²) in [5, 5.41) is 7.20. The second-order valence-corrected chi connectivity index (χ2v) is 5.47. The predicted molar refractivity (Wildman–Crippen MR) is 90.8 cm³/mol. The number of hydrogen-bond donors (Lipinski definition) is 1. The zero-order chi connectivity index (χ0) is 14.9. The van der Waals surface area contributed by atoms with Crippen LogP contribution in [0.5, 0.6) is 0 Å². The Morgan fingerprint density at radius 1 is 0.909 bits per heavy atom. The molecule has 1 aliphatic carbocycles. The van der Waals surface area contributed by atoms with E-state index < -0.39 is 0 Å². The van der Waals surface area contributed by atoms with Crippen molar-refractivity contribution in [1.82, 2.24) is 5.32 Å². The quantitative estimate of drug-likeness (QED) is 0.687. The molecule has 0 saturated carbocycles. The lowest BCUT2D eigenvalue weighted by molar-refractivity contribution is 0.0968. The normalized spacial score (nSPS) is 13.5. The molecule has 2 heteroatoms. The summed E-state index contributed by atoms with van der Waals surface area (Å²) in [6.07, 6.45) is 6.74. The highest BCUT2D eigenvalue weighted by molar-refractivity contribution is 6.18. The van der Waals surface area contributed by atoms with Gasteiger partial charge in [0.05, 0.1) is 5.56 Å². The Labute approximate surface area is 128 Å². The lowest BCUT2D eigenvalue weighted by Crippen LogP contribution is -2.22. The van der Waals surface area contributed by atoms with Crippen LogP contribution in [0.3, 0.4) is 0 Å². The third kappa shape index (κ3) is 2.09. The monoisotopic (exact) mass is 285 g/mol. The first kappa shape index (κ1) is 12.8. The molecule has 0 heterocycles. The molecule has 4 rings (SSSR count). The summed E-state index contributed by atoms with van der Waals surface area (Å²) in [6.45, 7) is 0.